The summed E-state index contributed by atoms with van der Waals surface area (Å²) in [5.74, 6) is -0.831. The van der Waals surface area contributed by atoms with Crippen LogP contribution in [0.5, 0.6) is 5.75 Å². The molecule has 2 aromatic rings. The minimum absolute atomic E-state index is 0.0355. The molecule has 0 saturated carbocycles. The van der Waals surface area contributed by atoms with Gasteiger partial charge in [0.05, 0.1) is 10.3 Å². The number of nitro groups is 1. The fraction of sp³-hybridized carbons (Fsp3) is 0.214. The summed E-state index contributed by atoms with van der Waals surface area (Å²) >= 11 is 0. The normalized spacial score (nSPS) is 13.6. The molecule has 0 saturated heterocycles. The van der Waals surface area contributed by atoms with Gasteiger partial charge in [0.1, 0.15) is 17.9 Å². The van der Waals surface area contributed by atoms with Crippen LogP contribution in [0.1, 0.15) is 6.92 Å². The first kappa shape index (κ1) is 14.7. The predicted molar refractivity (Wildman–Crippen MR) is 76.3 cm³/mol. The standard InChI is InChI=1S/C14H14N2O5/c1-14(15,13(17)18)8-21-12-7-6-11(16(19)20)9-4-2-3-5-10(9)12/h2-7H,8,15H2,1H3,(H,17,18). The topological polar surface area (TPSA) is 116 Å². The number of rotatable bonds is 5. The first-order chi connectivity index (χ1) is 9.83. The number of carboxylic acid groups (broad SMARTS) is 1. The van der Waals surface area contributed by atoms with Crippen molar-refractivity contribution in [1.82, 2.24) is 0 Å². The Balaban J connectivity index is 2.40. The lowest BCUT2D eigenvalue weighted by molar-refractivity contribution is -0.383. The Labute approximate surface area is 120 Å². The fourth-order valence-electron chi connectivity index (χ4n) is 1.83. The molecule has 1 unspecified atom stereocenters. The van der Waals surface area contributed by atoms with Gasteiger partial charge in [-0.05, 0) is 19.1 Å². The van der Waals surface area contributed by atoms with Crippen molar-refractivity contribution in [3.63, 3.8) is 0 Å². The van der Waals surface area contributed by atoms with Gasteiger partial charge in [-0.2, -0.15) is 0 Å². The van der Waals surface area contributed by atoms with Crippen LogP contribution in [0.15, 0.2) is 36.4 Å². The molecule has 0 heterocycles. The van der Waals surface area contributed by atoms with Crippen LogP contribution in [0.3, 0.4) is 0 Å². The quantitative estimate of drug-likeness (QED) is 0.642. The maximum atomic E-state index is 11.0. The maximum Gasteiger partial charge on any atom is 0.326 e. The van der Waals surface area contributed by atoms with E-state index >= 15 is 0 Å². The Bertz CT molecular complexity index is 712. The SMILES string of the molecule is CC(N)(COc1ccc([N+](=O)[O-])c2ccccc12)C(=O)O. The maximum absolute atomic E-state index is 11.0. The molecule has 2 aromatic carbocycles. The van der Waals surface area contributed by atoms with E-state index < -0.39 is 16.4 Å². The van der Waals surface area contributed by atoms with Crippen molar-refractivity contribution >= 4 is 22.4 Å². The second kappa shape index (κ2) is 5.37. The van der Waals surface area contributed by atoms with Crippen LogP contribution in [0, 0.1) is 10.1 Å². The van der Waals surface area contributed by atoms with Crippen molar-refractivity contribution in [2.24, 2.45) is 5.73 Å². The van der Waals surface area contributed by atoms with E-state index in [4.69, 9.17) is 15.6 Å². The summed E-state index contributed by atoms with van der Waals surface area (Å²) in [7, 11) is 0. The number of carbonyl (C=O) groups is 1. The van der Waals surface area contributed by atoms with E-state index in [1.165, 1.54) is 19.1 Å². The van der Waals surface area contributed by atoms with E-state index in [-0.39, 0.29) is 12.3 Å². The van der Waals surface area contributed by atoms with E-state index in [2.05, 4.69) is 0 Å². The second-order valence-electron chi connectivity index (χ2n) is 4.90. The summed E-state index contributed by atoms with van der Waals surface area (Å²) < 4.78 is 5.45. The summed E-state index contributed by atoms with van der Waals surface area (Å²) in [4.78, 5) is 21.5. The molecule has 0 radical (unpaired) electrons. The van der Waals surface area contributed by atoms with E-state index in [9.17, 15) is 14.9 Å². The number of hydrogen-bond acceptors (Lipinski definition) is 5. The van der Waals surface area contributed by atoms with E-state index in [1.54, 1.807) is 24.3 Å². The van der Waals surface area contributed by atoms with Gasteiger partial charge in [0.2, 0.25) is 0 Å². The number of non-ortho nitro benzene ring substituents is 1. The number of nitrogens with zero attached hydrogens (tertiary/aromatic N) is 1. The third-order valence-corrected chi connectivity index (χ3v) is 3.07. The molecule has 2 rings (SSSR count). The highest BCUT2D eigenvalue weighted by Crippen LogP contribution is 2.32. The molecule has 110 valence electrons. The smallest absolute Gasteiger partial charge is 0.326 e. The molecule has 0 spiro atoms. The number of carboxylic acids is 1. The summed E-state index contributed by atoms with van der Waals surface area (Å²) in [6, 6.07) is 9.46. The van der Waals surface area contributed by atoms with Gasteiger partial charge >= 0.3 is 5.97 Å². The largest absolute Gasteiger partial charge is 0.490 e. The third-order valence-electron chi connectivity index (χ3n) is 3.07. The number of nitro benzene ring substituents is 1. The van der Waals surface area contributed by atoms with Gasteiger partial charge in [0.15, 0.2) is 0 Å². The molecule has 0 bridgehead atoms. The van der Waals surface area contributed by atoms with Gasteiger partial charge in [-0.1, -0.05) is 18.2 Å². The molecule has 0 fully saturated rings. The molecule has 7 heteroatoms. The first-order valence-electron chi connectivity index (χ1n) is 6.14. The summed E-state index contributed by atoms with van der Waals surface area (Å²) in [5.41, 5.74) is 4.02. The van der Waals surface area contributed by atoms with Crippen LogP contribution < -0.4 is 10.5 Å². The van der Waals surface area contributed by atoms with Crippen LogP contribution in [0.2, 0.25) is 0 Å². The third kappa shape index (κ3) is 2.92. The molecular weight excluding hydrogens is 276 g/mol. The van der Waals surface area contributed by atoms with Crippen LogP contribution in [-0.4, -0.2) is 28.1 Å². The molecular formula is C14H14N2O5. The van der Waals surface area contributed by atoms with Crippen molar-refractivity contribution in [1.29, 1.82) is 0 Å². The summed E-state index contributed by atoms with van der Waals surface area (Å²) in [6.07, 6.45) is 0. The van der Waals surface area contributed by atoms with Crippen LogP contribution in [0.25, 0.3) is 10.8 Å². The number of nitrogens with two attached hydrogens (primary N) is 1. The molecule has 0 aliphatic rings. The zero-order valence-corrected chi connectivity index (χ0v) is 11.3. The Kier molecular flexibility index (Phi) is 3.77. The zero-order valence-electron chi connectivity index (χ0n) is 11.3. The van der Waals surface area contributed by atoms with Crippen LogP contribution in [-0.2, 0) is 4.79 Å². The minimum Gasteiger partial charge on any atom is -0.490 e. The van der Waals surface area contributed by atoms with Gasteiger partial charge < -0.3 is 15.6 Å². The van der Waals surface area contributed by atoms with Gasteiger partial charge in [-0.3, -0.25) is 14.9 Å². The lowest BCUT2D eigenvalue weighted by atomic mass is 10.1. The molecule has 1 atom stereocenters. The molecule has 0 aliphatic carbocycles. The Morgan fingerprint density at radius 2 is 1.95 bits per heavy atom. The lowest BCUT2D eigenvalue weighted by Gasteiger charge is -2.20. The van der Waals surface area contributed by atoms with Crippen LogP contribution in [0.4, 0.5) is 5.69 Å². The van der Waals surface area contributed by atoms with Gasteiger partial charge in [0.25, 0.3) is 5.69 Å². The second-order valence-corrected chi connectivity index (χ2v) is 4.90. The summed E-state index contributed by atoms with van der Waals surface area (Å²) in [5, 5.41) is 20.9. The number of hydrogen-bond donors (Lipinski definition) is 2. The van der Waals surface area contributed by atoms with E-state index in [0.29, 0.717) is 16.5 Å². The monoisotopic (exact) mass is 290 g/mol. The Hall–Kier alpha value is -2.67. The van der Waals surface area contributed by atoms with Gasteiger partial charge in [0, 0.05) is 11.5 Å². The molecule has 7 nitrogen and oxygen atoms in total. The average Bonchev–Trinajstić information content (AvgIpc) is 2.44. The summed E-state index contributed by atoms with van der Waals surface area (Å²) in [6.45, 7) is 1.09. The number of aliphatic carboxylic acids is 1. The molecule has 21 heavy (non-hydrogen) atoms. The highest BCUT2D eigenvalue weighted by molar-refractivity contribution is 5.95. The first-order valence-corrected chi connectivity index (χ1v) is 6.14. The average molecular weight is 290 g/mol. The molecule has 0 aliphatic heterocycles. The van der Waals surface area contributed by atoms with Crippen molar-refractivity contribution in [3.05, 3.63) is 46.5 Å². The number of ether oxygens (including phenoxy) is 1. The Morgan fingerprint density at radius 3 is 2.52 bits per heavy atom. The van der Waals surface area contributed by atoms with Gasteiger partial charge in [-0.15, -0.1) is 0 Å². The number of fused-ring (bicyclic) bond motifs is 1. The van der Waals surface area contributed by atoms with Crippen LogP contribution >= 0.6 is 0 Å². The molecule has 0 amide bonds. The highest BCUT2D eigenvalue weighted by atomic mass is 16.6. The van der Waals surface area contributed by atoms with Gasteiger partial charge in [-0.25, -0.2) is 0 Å². The van der Waals surface area contributed by atoms with E-state index in [0.717, 1.165) is 0 Å². The number of benzene rings is 2. The van der Waals surface area contributed by atoms with Crippen molar-refractivity contribution in [2.75, 3.05) is 6.61 Å². The Morgan fingerprint density at radius 1 is 1.33 bits per heavy atom. The van der Waals surface area contributed by atoms with Crippen molar-refractivity contribution < 1.29 is 19.6 Å². The molecule has 3 N–H and O–H groups in total. The fourth-order valence-corrected chi connectivity index (χ4v) is 1.83. The predicted octanol–water partition coefficient (Wildman–Crippen LogP) is 1.93. The lowest BCUT2D eigenvalue weighted by Crippen LogP contribution is -2.49. The minimum atomic E-state index is -1.54. The van der Waals surface area contributed by atoms with E-state index in [1.807, 2.05) is 0 Å². The zero-order chi connectivity index (χ0) is 15.6. The van der Waals surface area contributed by atoms with Crippen molar-refractivity contribution in [2.45, 2.75) is 12.5 Å². The van der Waals surface area contributed by atoms with Crippen molar-refractivity contribution in [3.8, 4) is 5.75 Å². The highest BCUT2D eigenvalue weighted by Gasteiger charge is 2.29. The molecule has 0 aromatic heterocycles.